The van der Waals surface area contributed by atoms with Crippen LogP contribution in [-0.4, -0.2) is 0 Å². The van der Waals surface area contributed by atoms with Gasteiger partial charge in [-0.1, -0.05) is 29.3 Å². The highest BCUT2D eigenvalue weighted by Gasteiger charge is 2.14. The average Bonchev–Trinajstić information content (AvgIpc) is 2.33. The summed E-state index contributed by atoms with van der Waals surface area (Å²) < 4.78 is 26.7. The molecule has 0 saturated heterocycles. The summed E-state index contributed by atoms with van der Waals surface area (Å²) in [5.74, 6) is -0.827. The molecule has 0 aliphatic rings. The van der Waals surface area contributed by atoms with E-state index in [0.29, 0.717) is 15.2 Å². The van der Waals surface area contributed by atoms with Gasteiger partial charge in [0.1, 0.15) is 11.6 Å². The lowest BCUT2D eigenvalue weighted by molar-refractivity contribution is 0.625. The summed E-state index contributed by atoms with van der Waals surface area (Å²) in [6, 6.07) is 6.49. The van der Waals surface area contributed by atoms with Crippen LogP contribution < -0.4 is 5.32 Å². The number of nitrogens with one attached hydrogen (secondary N) is 1. The van der Waals surface area contributed by atoms with Crippen molar-refractivity contribution in [1.29, 1.82) is 0 Å². The minimum absolute atomic E-state index is 0.220. The van der Waals surface area contributed by atoms with Crippen LogP contribution in [0.3, 0.4) is 0 Å². The zero-order valence-corrected chi connectivity index (χ0v) is 13.5. The van der Waals surface area contributed by atoms with Crippen molar-refractivity contribution < 1.29 is 8.78 Å². The van der Waals surface area contributed by atoms with E-state index in [1.807, 2.05) is 6.92 Å². The molecule has 106 valence electrons. The molecule has 6 heteroatoms. The third kappa shape index (κ3) is 3.43. The maximum Gasteiger partial charge on any atom is 0.125 e. The van der Waals surface area contributed by atoms with Crippen LogP contribution in [0, 0.1) is 11.6 Å². The molecule has 1 unspecified atom stereocenters. The highest BCUT2D eigenvalue weighted by Crippen LogP contribution is 2.35. The van der Waals surface area contributed by atoms with Crippen LogP contribution >= 0.6 is 39.1 Å². The first-order valence-corrected chi connectivity index (χ1v) is 7.29. The Balaban J connectivity index is 2.30. The van der Waals surface area contributed by atoms with E-state index in [0.717, 1.165) is 5.56 Å². The van der Waals surface area contributed by atoms with E-state index in [2.05, 4.69) is 21.2 Å². The number of halogens is 5. The van der Waals surface area contributed by atoms with Crippen molar-refractivity contribution in [2.24, 2.45) is 0 Å². The minimum Gasteiger partial charge on any atom is -0.376 e. The summed E-state index contributed by atoms with van der Waals surface area (Å²) in [5, 5.41) is 3.70. The summed E-state index contributed by atoms with van der Waals surface area (Å²) >= 11 is 15.3. The number of hydrogen-bond donors (Lipinski definition) is 1. The molecule has 0 aromatic heterocycles. The molecule has 0 spiro atoms. The van der Waals surface area contributed by atoms with Gasteiger partial charge in [0, 0.05) is 9.50 Å². The Hall–Kier alpha value is -0.840. The molecule has 2 aromatic rings. The molecule has 1 N–H and O–H groups in total. The number of hydrogen-bond acceptors (Lipinski definition) is 1. The maximum absolute atomic E-state index is 13.2. The first-order valence-electron chi connectivity index (χ1n) is 5.74. The second-order valence-electron chi connectivity index (χ2n) is 4.28. The van der Waals surface area contributed by atoms with Crippen molar-refractivity contribution in [2.45, 2.75) is 13.0 Å². The summed E-state index contributed by atoms with van der Waals surface area (Å²) in [5.41, 5.74) is 1.28. The Kier molecular flexibility index (Phi) is 4.89. The molecule has 0 aliphatic carbocycles. The zero-order chi connectivity index (χ0) is 14.9. The van der Waals surface area contributed by atoms with Gasteiger partial charge in [0.15, 0.2) is 0 Å². The number of benzene rings is 2. The lowest BCUT2D eigenvalue weighted by atomic mass is 10.1. The predicted molar refractivity (Wildman–Crippen MR) is 82.6 cm³/mol. The number of rotatable bonds is 3. The van der Waals surface area contributed by atoms with Gasteiger partial charge in [-0.15, -0.1) is 0 Å². The van der Waals surface area contributed by atoms with Gasteiger partial charge in [0.05, 0.1) is 16.8 Å². The topological polar surface area (TPSA) is 12.0 Å². The van der Waals surface area contributed by atoms with Gasteiger partial charge in [0.25, 0.3) is 0 Å². The van der Waals surface area contributed by atoms with Gasteiger partial charge in [-0.05, 0) is 52.7 Å². The summed E-state index contributed by atoms with van der Waals surface area (Å²) in [6.07, 6.45) is 0. The SMILES string of the molecule is CC(Nc1c(Cl)cc(F)cc1Br)c1ccc(F)cc1Cl. The van der Waals surface area contributed by atoms with Crippen LogP contribution in [0.2, 0.25) is 10.0 Å². The van der Waals surface area contributed by atoms with Crippen molar-refractivity contribution >= 4 is 44.8 Å². The van der Waals surface area contributed by atoms with Crippen LogP contribution in [0.15, 0.2) is 34.8 Å². The Morgan fingerprint density at radius 2 is 1.70 bits per heavy atom. The summed E-state index contributed by atoms with van der Waals surface area (Å²) in [6.45, 7) is 1.85. The van der Waals surface area contributed by atoms with E-state index < -0.39 is 11.6 Å². The fraction of sp³-hybridized carbons (Fsp3) is 0.143. The van der Waals surface area contributed by atoms with E-state index >= 15 is 0 Å². The van der Waals surface area contributed by atoms with Crippen molar-refractivity contribution in [2.75, 3.05) is 5.32 Å². The fourth-order valence-corrected chi connectivity index (χ4v) is 3.08. The first-order chi connectivity index (χ1) is 9.38. The van der Waals surface area contributed by atoms with Gasteiger partial charge < -0.3 is 5.32 Å². The lowest BCUT2D eigenvalue weighted by Gasteiger charge is -2.19. The molecule has 0 radical (unpaired) electrons. The predicted octanol–water partition coefficient (Wildman–Crippen LogP) is 6.21. The van der Waals surface area contributed by atoms with Crippen LogP contribution in [0.25, 0.3) is 0 Å². The molecular formula is C14H10BrCl2F2N. The molecule has 0 heterocycles. The monoisotopic (exact) mass is 379 g/mol. The Labute approximate surface area is 134 Å². The average molecular weight is 381 g/mol. The Bertz CT molecular complexity index is 626. The molecule has 0 amide bonds. The molecule has 20 heavy (non-hydrogen) atoms. The Morgan fingerprint density at radius 1 is 1.05 bits per heavy atom. The molecule has 2 rings (SSSR count). The van der Waals surface area contributed by atoms with Gasteiger partial charge >= 0.3 is 0 Å². The fourth-order valence-electron chi connectivity index (χ4n) is 1.83. The second-order valence-corrected chi connectivity index (χ2v) is 5.95. The molecule has 0 aliphatic heterocycles. The summed E-state index contributed by atoms with van der Waals surface area (Å²) in [4.78, 5) is 0. The third-order valence-corrected chi connectivity index (χ3v) is 4.05. The largest absolute Gasteiger partial charge is 0.376 e. The highest BCUT2D eigenvalue weighted by atomic mass is 79.9. The van der Waals surface area contributed by atoms with E-state index in [-0.39, 0.29) is 11.1 Å². The lowest BCUT2D eigenvalue weighted by Crippen LogP contribution is -2.08. The standard InChI is InChI=1S/C14H10BrCl2F2N/c1-7(10-3-2-8(18)5-12(10)16)20-14-11(15)4-9(19)6-13(14)17/h2-7,20H,1H3. The van der Waals surface area contributed by atoms with Crippen LogP contribution in [-0.2, 0) is 0 Å². The van der Waals surface area contributed by atoms with Gasteiger partial charge in [-0.2, -0.15) is 0 Å². The molecule has 1 nitrogen and oxygen atoms in total. The van der Waals surface area contributed by atoms with E-state index in [1.54, 1.807) is 6.07 Å². The van der Waals surface area contributed by atoms with Crippen LogP contribution in [0.4, 0.5) is 14.5 Å². The van der Waals surface area contributed by atoms with Gasteiger partial charge in [0.2, 0.25) is 0 Å². The van der Waals surface area contributed by atoms with Crippen LogP contribution in [0.1, 0.15) is 18.5 Å². The molecule has 0 bridgehead atoms. The molecule has 0 saturated carbocycles. The van der Waals surface area contributed by atoms with E-state index in [9.17, 15) is 8.78 Å². The summed E-state index contributed by atoms with van der Waals surface area (Å²) in [7, 11) is 0. The van der Waals surface area contributed by atoms with Crippen molar-refractivity contribution in [3.05, 3.63) is 62.0 Å². The molecule has 2 aromatic carbocycles. The normalized spacial score (nSPS) is 12.3. The third-order valence-electron chi connectivity index (χ3n) is 2.80. The molecule has 1 atom stereocenters. The minimum atomic E-state index is -0.431. The number of anilines is 1. The van der Waals surface area contributed by atoms with E-state index in [1.165, 1.54) is 24.3 Å². The van der Waals surface area contributed by atoms with Crippen molar-refractivity contribution in [3.63, 3.8) is 0 Å². The first kappa shape index (κ1) is 15.5. The zero-order valence-electron chi connectivity index (χ0n) is 10.4. The quantitative estimate of drug-likeness (QED) is 0.667. The second kappa shape index (κ2) is 6.29. The molecule has 0 fully saturated rings. The molecular weight excluding hydrogens is 371 g/mol. The van der Waals surface area contributed by atoms with Crippen molar-refractivity contribution in [3.8, 4) is 0 Å². The maximum atomic E-state index is 13.2. The smallest absolute Gasteiger partial charge is 0.125 e. The Morgan fingerprint density at radius 3 is 2.30 bits per heavy atom. The highest BCUT2D eigenvalue weighted by molar-refractivity contribution is 9.10. The van der Waals surface area contributed by atoms with Gasteiger partial charge in [-0.25, -0.2) is 8.78 Å². The van der Waals surface area contributed by atoms with E-state index in [4.69, 9.17) is 23.2 Å². The van der Waals surface area contributed by atoms with Crippen LogP contribution in [0.5, 0.6) is 0 Å². The van der Waals surface area contributed by atoms with Gasteiger partial charge in [-0.3, -0.25) is 0 Å². The van der Waals surface area contributed by atoms with Crippen molar-refractivity contribution in [1.82, 2.24) is 0 Å².